The van der Waals surface area contributed by atoms with Crippen molar-refractivity contribution in [3.63, 3.8) is 0 Å². The van der Waals surface area contributed by atoms with Gasteiger partial charge in [0.25, 0.3) is 0 Å². The lowest BCUT2D eigenvalue weighted by molar-refractivity contribution is 0.124. The Morgan fingerprint density at radius 3 is 2.27 bits per heavy atom. The number of rotatable bonds is 2. The van der Waals surface area contributed by atoms with Gasteiger partial charge in [-0.15, -0.1) is 12.4 Å². The third-order valence-electron chi connectivity index (χ3n) is 1.16. The molecule has 1 aromatic carbocycles. The summed E-state index contributed by atoms with van der Waals surface area (Å²) in [7, 11) is 0. The van der Waals surface area contributed by atoms with Gasteiger partial charge in [-0.2, -0.15) is 0 Å². The predicted octanol–water partition coefficient (Wildman–Crippen LogP) is 2.15. The van der Waals surface area contributed by atoms with Crippen LogP contribution in [-0.2, 0) is 11.4 Å². The van der Waals surface area contributed by atoms with E-state index in [0.717, 1.165) is 10.6 Å². The molecule has 2 N–H and O–H groups in total. The summed E-state index contributed by atoms with van der Waals surface area (Å²) in [6, 6.07) is 7.34. The SMILES string of the molecule is Cl.NOCc1ccc(Cl)cc1. The molecule has 0 amide bonds. The second kappa shape index (κ2) is 5.38. The summed E-state index contributed by atoms with van der Waals surface area (Å²) >= 11 is 5.64. The molecule has 0 unspecified atom stereocenters. The van der Waals surface area contributed by atoms with Crippen LogP contribution in [0.25, 0.3) is 0 Å². The zero-order valence-electron chi connectivity index (χ0n) is 5.79. The number of hydrogen-bond acceptors (Lipinski definition) is 2. The molecule has 0 aliphatic heterocycles. The van der Waals surface area contributed by atoms with E-state index in [1.54, 1.807) is 12.1 Å². The minimum absolute atomic E-state index is 0. The summed E-state index contributed by atoms with van der Waals surface area (Å²) in [5.74, 6) is 4.87. The van der Waals surface area contributed by atoms with E-state index in [2.05, 4.69) is 4.84 Å². The molecule has 0 radical (unpaired) electrons. The zero-order valence-corrected chi connectivity index (χ0v) is 7.36. The summed E-state index contributed by atoms with van der Waals surface area (Å²) < 4.78 is 0. The van der Waals surface area contributed by atoms with E-state index >= 15 is 0 Å². The van der Waals surface area contributed by atoms with Crippen molar-refractivity contribution < 1.29 is 4.84 Å². The van der Waals surface area contributed by atoms with Gasteiger partial charge in [-0.25, -0.2) is 5.90 Å². The zero-order chi connectivity index (χ0) is 7.40. The molecular formula is C7H9Cl2NO. The number of nitrogens with two attached hydrogens (primary N) is 1. The molecule has 4 heteroatoms. The molecule has 1 rings (SSSR count). The first-order valence-electron chi connectivity index (χ1n) is 2.89. The Morgan fingerprint density at radius 1 is 1.27 bits per heavy atom. The van der Waals surface area contributed by atoms with Crippen LogP contribution in [0.2, 0.25) is 5.02 Å². The molecule has 0 spiro atoms. The molecule has 1 aromatic rings. The molecule has 0 fully saturated rings. The van der Waals surface area contributed by atoms with Crippen LogP contribution in [0.15, 0.2) is 24.3 Å². The molecule has 0 atom stereocenters. The van der Waals surface area contributed by atoms with Crippen LogP contribution in [0, 0.1) is 0 Å². The quantitative estimate of drug-likeness (QED) is 0.732. The van der Waals surface area contributed by atoms with Crippen molar-refractivity contribution in [2.45, 2.75) is 6.61 Å². The van der Waals surface area contributed by atoms with Gasteiger partial charge in [0.15, 0.2) is 0 Å². The summed E-state index contributed by atoms with van der Waals surface area (Å²) in [4.78, 5) is 4.42. The average Bonchev–Trinajstić information content (AvgIpc) is 1.95. The summed E-state index contributed by atoms with van der Waals surface area (Å²) in [5, 5.41) is 0.723. The largest absolute Gasteiger partial charge is 0.300 e. The highest BCUT2D eigenvalue weighted by Gasteiger charge is 1.89. The van der Waals surface area contributed by atoms with Crippen LogP contribution in [0.4, 0.5) is 0 Å². The fourth-order valence-electron chi connectivity index (χ4n) is 0.677. The van der Waals surface area contributed by atoms with Crippen molar-refractivity contribution in [2.75, 3.05) is 0 Å². The fourth-order valence-corrected chi connectivity index (χ4v) is 0.803. The third-order valence-corrected chi connectivity index (χ3v) is 1.42. The maximum Gasteiger partial charge on any atom is 0.0930 e. The molecular weight excluding hydrogens is 185 g/mol. The molecule has 0 heterocycles. The van der Waals surface area contributed by atoms with Crippen molar-refractivity contribution in [3.05, 3.63) is 34.9 Å². The standard InChI is InChI=1S/C7H8ClNO.ClH/c8-7-3-1-6(2-4-7)5-10-9;/h1-4H,5,9H2;1H. The molecule has 11 heavy (non-hydrogen) atoms. The summed E-state index contributed by atoms with van der Waals surface area (Å²) in [6.45, 7) is 0.428. The highest BCUT2D eigenvalue weighted by molar-refractivity contribution is 6.30. The monoisotopic (exact) mass is 193 g/mol. The highest BCUT2D eigenvalue weighted by Crippen LogP contribution is 2.09. The van der Waals surface area contributed by atoms with E-state index in [-0.39, 0.29) is 12.4 Å². The Hall–Kier alpha value is -0.280. The van der Waals surface area contributed by atoms with Gasteiger partial charge in [0.1, 0.15) is 0 Å². The summed E-state index contributed by atoms with van der Waals surface area (Å²) in [5.41, 5.74) is 1.02. The lowest BCUT2D eigenvalue weighted by Gasteiger charge is -1.96. The van der Waals surface area contributed by atoms with E-state index in [1.165, 1.54) is 0 Å². The van der Waals surface area contributed by atoms with E-state index in [4.69, 9.17) is 17.5 Å². The topological polar surface area (TPSA) is 35.2 Å². The van der Waals surface area contributed by atoms with Crippen LogP contribution >= 0.6 is 24.0 Å². The molecule has 62 valence electrons. The average molecular weight is 194 g/mol. The van der Waals surface area contributed by atoms with Crippen molar-refractivity contribution >= 4 is 24.0 Å². The van der Waals surface area contributed by atoms with Crippen LogP contribution < -0.4 is 5.90 Å². The Kier molecular flexibility index (Phi) is 5.24. The highest BCUT2D eigenvalue weighted by atomic mass is 35.5. The van der Waals surface area contributed by atoms with E-state index < -0.39 is 0 Å². The van der Waals surface area contributed by atoms with Gasteiger partial charge in [-0.3, -0.25) is 4.84 Å². The molecule has 0 saturated carbocycles. The Morgan fingerprint density at radius 2 is 1.82 bits per heavy atom. The van der Waals surface area contributed by atoms with Crippen LogP contribution in [-0.4, -0.2) is 0 Å². The first kappa shape index (κ1) is 10.7. The maximum absolute atomic E-state index is 5.64. The van der Waals surface area contributed by atoms with E-state index in [0.29, 0.717) is 6.61 Å². The lowest BCUT2D eigenvalue weighted by Crippen LogP contribution is -1.97. The lowest BCUT2D eigenvalue weighted by atomic mass is 10.2. The molecule has 0 aromatic heterocycles. The van der Waals surface area contributed by atoms with Crippen molar-refractivity contribution in [3.8, 4) is 0 Å². The van der Waals surface area contributed by atoms with Gasteiger partial charge in [0, 0.05) is 5.02 Å². The van der Waals surface area contributed by atoms with Gasteiger partial charge in [-0.1, -0.05) is 23.7 Å². The molecule has 2 nitrogen and oxygen atoms in total. The van der Waals surface area contributed by atoms with Crippen molar-refractivity contribution in [1.82, 2.24) is 0 Å². The van der Waals surface area contributed by atoms with Crippen molar-refractivity contribution in [2.24, 2.45) is 5.90 Å². The maximum atomic E-state index is 5.64. The second-order valence-electron chi connectivity index (χ2n) is 1.94. The minimum Gasteiger partial charge on any atom is -0.300 e. The Bertz CT molecular complexity index is 200. The predicted molar refractivity (Wildman–Crippen MR) is 47.7 cm³/mol. The first-order valence-corrected chi connectivity index (χ1v) is 3.27. The van der Waals surface area contributed by atoms with Gasteiger partial charge in [0.05, 0.1) is 6.61 Å². The van der Waals surface area contributed by atoms with Crippen LogP contribution in [0.5, 0.6) is 0 Å². The fraction of sp³-hybridized carbons (Fsp3) is 0.143. The molecule has 0 saturated heterocycles. The van der Waals surface area contributed by atoms with E-state index in [9.17, 15) is 0 Å². The molecule has 0 bridgehead atoms. The first-order chi connectivity index (χ1) is 4.83. The molecule has 0 aliphatic rings. The Balaban J connectivity index is 0.000001000. The molecule has 0 aliphatic carbocycles. The van der Waals surface area contributed by atoms with Crippen molar-refractivity contribution in [1.29, 1.82) is 0 Å². The number of hydrogen-bond donors (Lipinski definition) is 1. The minimum atomic E-state index is 0. The van der Waals surface area contributed by atoms with E-state index in [1.807, 2.05) is 12.1 Å². The third kappa shape index (κ3) is 3.58. The van der Waals surface area contributed by atoms with Gasteiger partial charge in [0.2, 0.25) is 0 Å². The van der Waals surface area contributed by atoms with Crippen LogP contribution in [0.3, 0.4) is 0 Å². The summed E-state index contributed by atoms with van der Waals surface area (Å²) in [6.07, 6.45) is 0. The normalized spacial score (nSPS) is 8.91. The smallest absolute Gasteiger partial charge is 0.0930 e. The Labute approximate surface area is 76.7 Å². The second-order valence-corrected chi connectivity index (χ2v) is 2.37. The van der Waals surface area contributed by atoms with Gasteiger partial charge >= 0.3 is 0 Å². The van der Waals surface area contributed by atoms with Gasteiger partial charge < -0.3 is 0 Å². The van der Waals surface area contributed by atoms with Crippen LogP contribution in [0.1, 0.15) is 5.56 Å². The van der Waals surface area contributed by atoms with Gasteiger partial charge in [-0.05, 0) is 17.7 Å². The number of benzene rings is 1. The number of halogens is 2.